The molecular weight excluding hydrogens is 484 g/mol. The number of amides is 1. The number of nitrogens with zero attached hydrogens (tertiary/aromatic N) is 2. The second-order valence-electron chi connectivity index (χ2n) is 9.57. The third kappa shape index (κ3) is 4.30. The maximum atomic E-state index is 13.5. The number of hydrogen-bond acceptors (Lipinski definition) is 4. The molecule has 1 aromatic heterocycles. The first-order valence-corrected chi connectivity index (χ1v) is 12.8. The molecule has 0 unspecified atom stereocenters. The Bertz CT molecular complexity index is 1580. The predicted octanol–water partition coefficient (Wildman–Crippen LogP) is 6.51. The van der Waals surface area contributed by atoms with Gasteiger partial charge in [-0.1, -0.05) is 60.1 Å². The van der Waals surface area contributed by atoms with Crippen molar-refractivity contribution in [3.05, 3.63) is 106 Å². The summed E-state index contributed by atoms with van der Waals surface area (Å²) in [4.78, 5) is 33.3. The van der Waals surface area contributed by atoms with Crippen molar-refractivity contribution >= 4 is 51.7 Å². The molecule has 184 valence electrons. The summed E-state index contributed by atoms with van der Waals surface area (Å²) in [5, 5.41) is 1.43. The first kappa shape index (κ1) is 23.4. The molecule has 6 rings (SSSR count). The summed E-state index contributed by atoms with van der Waals surface area (Å²) < 4.78 is 5.67. The summed E-state index contributed by atoms with van der Waals surface area (Å²) in [7, 11) is 0. The number of aromatic nitrogens is 1. The average Bonchev–Trinajstić information content (AvgIpc) is 3.46. The van der Waals surface area contributed by atoms with Crippen molar-refractivity contribution in [2.75, 3.05) is 11.5 Å². The van der Waals surface area contributed by atoms with Gasteiger partial charge in [-0.15, -0.1) is 0 Å². The normalized spacial score (nSPS) is 17.2. The Hall–Kier alpha value is -3.96. The Labute approximate surface area is 220 Å². The van der Waals surface area contributed by atoms with Crippen molar-refractivity contribution in [1.82, 2.24) is 4.98 Å². The van der Waals surface area contributed by atoms with E-state index in [-0.39, 0.29) is 18.6 Å². The van der Waals surface area contributed by atoms with Gasteiger partial charge in [0.1, 0.15) is 0 Å². The van der Waals surface area contributed by atoms with Crippen LogP contribution in [0.5, 0.6) is 0 Å². The average molecular weight is 509 g/mol. The largest absolute Gasteiger partial charge is 0.452 e. The molecule has 3 aromatic carbocycles. The van der Waals surface area contributed by atoms with E-state index in [1.165, 1.54) is 0 Å². The van der Waals surface area contributed by atoms with Gasteiger partial charge in [0.2, 0.25) is 0 Å². The molecule has 0 radical (unpaired) electrons. The number of esters is 1. The van der Waals surface area contributed by atoms with Crippen molar-refractivity contribution in [2.24, 2.45) is 0 Å². The lowest BCUT2D eigenvalue weighted by molar-refractivity contribution is -0.122. The molecule has 5 nitrogen and oxygen atoms in total. The van der Waals surface area contributed by atoms with Gasteiger partial charge in [0.05, 0.1) is 16.8 Å². The van der Waals surface area contributed by atoms with E-state index in [0.717, 1.165) is 57.4 Å². The molecule has 1 aliphatic heterocycles. The SMILES string of the molecule is C[C@@H]1Cc2ccccc2N1C(=O)COC(=O)c1c2c(nc3ccccc13)/C(=C\c1ccc(Cl)cc1)CC2. The number of hydrogen-bond donors (Lipinski definition) is 0. The molecule has 1 aliphatic carbocycles. The van der Waals surface area contributed by atoms with Crippen LogP contribution in [0.4, 0.5) is 5.69 Å². The fraction of sp³-hybridized carbons (Fsp3) is 0.194. The van der Waals surface area contributed by atoms with Crippen LogP contribution in [-0.4, -0.2) is 29.5 Å². The van der Waals surface area contributed by atoms with E-state index < -0.39 is 5.97 Å². The standard InChI is InChI=1S/C31H25ClN2O3/c1-19-16-21-6-2-5-9-27(21)34(19)28(35)18-37-31(36)29-24-7-3-4-8-26(24)33-30-22(12-15-25(29)30)17-20-10-13-23(32)14-11-20/h2-11,13-14,17,19H,12,15-16,18H2,1H3/b22-17-/t19-/m1/s1. The Balaban J connectivity index is 1.31. The quantitative estimate of drug-likeness (QED) is 0.295. The number of carbonyl (C=O) groups is 2. The predicted molar refractivity (Wildman–Crippen MR) is 147 cm³/mol. The van der Waals surface area contributed by atoms with E-state index in [0.29, 0.717) is 17.0 Å². The van der Waals surface area contributed by atoms with E-state index >= 15 is 0 Å². The van der Waals surface area contributed by atoms with Crippen LogP contribution in [0.3, 0.4) is 0 Å². The number of halogens is 1. The van der Waals surface area contributed by atoms with E-state index in [1.54, 1.807) is 4.90 Å². The topological polar surface area (TPSA) is 59.5 Å². The number of rotatable bonds is 4. The number of para-hydroxylation sites is 2. The zero-order valence-electron chi connectivity index (χ0n) is 20.4. The Morgan fingerprint density at radius 1 is 1.03 bits per heavy atom. The van der Waals surface area contributed by atoms with Gasteiger partial charge in [0.25, 0.3) is 5.91 Å². The van der Waals surface area contributed by atoms with Crippen LogP contribution >= 0.6 is 11.6 Å². The molecule has 6 heteroatoms. The number of carbonyl (C=O) groups excluding carboxylic acids is 2. The second kappa shape index (κ2) is 9.49. The van der Waals surface area contributed by atoms with Crippen LogP contribution in [0.15, 0.2) is 72.8 Å². The lowest BCUT2D eigenvalue weighted by Gasteiger charge is -2.22. The number of ether oxygens (including phenoxy) is 1. The monoisotopic (exact) mass is 508 g/mol. The molecule has 0 N–H and O–H groups in total. The van der Waals surface area contributed by atoms with Gasteiger partial charge in [-0.2, -0.15) is 0 Å². The maximum Gasteiger partial charge on any atom is 0.339 e. The molecule has 0 fully saturated rings. The summed E-state index contributed by atoms with van der Waals surface area (Å²) in [6.45, 7) is 1.70. The zero-order valence-corrected chi connectivity index (χ0v) is 21.2. The summed E-state index contributed by atoms with van der Waals surface area (Å²) in [6.07, 6.45) is 4.33. The highest BCUT2D eigenvalue weighted by Crippen LogP contribution is 2.38. The van der Waals surface area contributed by atoms with Crippen LogP contribution < -0.4 is 4.90 Å². The Morgan fingerprint density at radius 2 is 1.78 bits per heavy atom. The first-order valence-electron chi connectivity index (χ1n) is 12.4. The van der Waals surface area contributed by atoms with Crippen molar-refractivity contribution in [1.29, 1.82) is 0 Å². The highest BCUT2D eigenvalue weighted by atomic mass is 35.5. The molecule has 0 saturated carbocycles. The molecule has 2 heterocycles. The van der Waals surface area contributed by atoms with Gasteiger partial charge < -0.3 is 9.64 Å². The van der Waals surface area contributed by atoms with E-state index in [9.17, 15) is 9.59 Å². The molecule has 4 aromatic rings. The lowest BCUT2D eigenvalue weighted by atomic mass is 10.0. The molecule has 0 spiro atoms. The summed E-state index contributed by atoms with van der Waals surface area (Å²) >= 11 is 6.05. The molecule has 0 saturated heterocycles. The number of benzene rings is 3. The smallest absolute Gasteiger partial charge is 0.339 e. The Kier molecular flexibility index (Phi) is 6.01. The Morgan fingerprint density at radius 3 is 2.62 bits per heavy atom. The molecule has 0 bridgehead atoms. The van der Waals surface area contributed by atoms with Crippen LogP contribution in [0.2, 0.25) is 5.02 Å². The van der Waals surface area contributed by atoms with Gasteiger partial charge in [-0.25, -0.2) is 9.78 Å². The third-order valence-electron chi connectivity index (χ3n) is 7.16. The van der Waals surface area contributed by atoms with Crippen LogP contribution in [0.1, 0.15) is 46.1 Å². The molecule has 1 amide bonds. The van der Waals surface area contributed by atoms with Crippen molar-refractivity contribution in [3.8, 4) is 0 Å². The van der Waals surface area contributed by atoms with Gasteiger partial charge >= 0.3 is 5.97 Å². The van der Waals surface area contributed by atoms with Crippen LogP contribution in [0, 0.1) is 0 Å². The first-order chi connectivity index (χ1) is 18.0. The van der Waals surface area contributed by atoms with Crippen molar-refractivity contribution in [2.45, 2.75) is 32.2 Å². The van der Waals surface area contributed by atoms with Crippen molar-refractivity contribution in [3.63, 3.8) is 0 Å². The molecule has 2 aliphatic rings. The maximum absolute atomic E-state index is 13.5. The fourth-order valence-corrected chi connectivity index (χ4v) is 5.61. The van der Waals surface area contributed by atoms with E-state index in [1.807, 2.05) is 79.7 Å². The summed E-state index contributed by atoms with van der Waals surface area (Å²) in [5.41, 5.74) is 7.03. The highest BCUT2D eigenvalue weighted by Gasteiger charge is 2.32. The van der Waals surface area contributed by atoms with Gasteiger partial charge in [0, 0.05) is 22.1 Å². The minimum atomic E-state index is -0.490. The summed E-state index contributed by atoms with van der Waals surface area (Å²) in [6, 6.07) is 23.1. The number of allylic oxidation sites excluding steroid dienone is 1. The lowest BCUT2D eigenvalue weighted by Crippen LogP contribution is -2.38. The molecular formula is C31H25ClN2O3. The zero-order chi connectivity index (χ0) is 25.5. The number of pyridine rings is 1. The summed E-state index contributed by atoms with van der Waals surface area (Å²) in [5.74, 6) is -0.708. The van der Waals surface area contributed by atoms with Crippen LogP contribution in [-0.2, 0) is 22.4 Å². The van der Waals surface area contributed by atoms with E-state index in [2.05, 4.69) is 6.08 Å². The highest BCUT2D eigenvalue weighted by molar-refractivity contribution is 6.30. The fourth-order valence-electron chi connectivity index (χ4n) is 5.49. The molecule has 37 heavy (non-hydrogen) atoms. The molecule has 1 atom stereocenters. The van der Waals surface area contributed by atoms with E-state index in [4.69, 9.17) is 21.3 Å². The third-order valence-corrected chi connectivity index (χ3v) is 7.41. The van der Waals surface area contributed by atoms with Crippen LogP contribution in [0.25, 0.3) is 22.6 Å². The number of anilines is 1. The number of fused-ring (bicyclic) bond motifs is 3. The van der Waals surface area contributed by atoms with Crippen molar-refractivity contribution < 1.29 is 14.3 Å². The minimum absolute atomic E-state index is 0.0233. The minimum Gasteiger partial charge on any atom is -0.452 e. The van der Waals surface area contributed by atoms with Gasteiger partial charge in [-0.3, -0.25) is 4.79 Å². The van der Waals surface area contributed by atoms with Gasteiger partial charge in [0.15, 0.2) is 6.61 Å². The van der Waals surface area contributed by atoms with Gasteiger partial charge in [-0.05, 0) is 78.8 Å². The second-order valence-corrected chi connectivity index (χ2v) is 10.0.